The number of amides is 1. The molecule has 1 aliphatic heterocycles. The van der Waals surface area contributed by atoms with Gasteiger partial charge in [0.25, 0.3) is 0 Å². The maximum atomic E-state index is 11.5. The van der Waals surface area contributed by atoms with E-state index >= 15 is 0 Å². The van der Waals surface area contributed by atoms with Gasteiger partial charge in [-0.25, -0.2) is 4.98 Å². The summed E-state index contributed by atoms with van der Waals surface area (Å²) in [7, 11) is 0. The lowest BCUT2D eigenvalue weighted by Gasteiger charge is -2.24. The number of benzene rings is 1. The molecule has 1 fully saturated rings. The number of hydrogen-bond acceptors (Lipinski definition) is 5. The van der Waals surface area contributed by atoms with Crippen molar-refractivity contribution in [2.24, 2.45) is 0 Å². The smallest absolute Gasteiger partial charge is 0.219 e. The highest BCUT2D eigenvalue weighted by atomic mass is 32.1. The number of anilines is 2. The molecule has 2 heterocycles. The van der Waals surface area contributed by atoms with Crippen molar-refractivity contribution in [2.75, 3.05) is 36.8 Å². The Balaban J connectivity index is 1.89. The van der Waals surface area contributed by atoms with Crippen molar-refractivity contribution < 1.29 is 4.79 Å². The lowest BCUT2D eigenvalue weighted by Crippen LogP contribution is -2.33. The van der Waals surface area contributed by atoms with Crippen molar-refractivity contribution in [3.05, 3.63) is 17.1 Å². The first-order valence-corrected chi connectivity index (χ1v) is 8.03. The predicted molar refractivity (Wildman–Crippen MR) is 87.9 cm³/mol. The van der Waals surface area contributed by atoms with E-state index in [0.29, 0.717) is 0 Å². The number of fused-ring (bicyclic) bond motifs is 1. The zero-order valence-electron chi connectivity index (χ0n) is 12.4. The molecular weight excluding hydrogens is 284 g/mol. The van der Waals surface area contributed by atoms with Gasteiger partial charge >= 0.3 is 0 Å². The van der Waals surface area contributed by atoms with Gasteiger partial charge in [-0.2, -0.15) is 0 Å². The Hall–Kier alpha value is -1.82. The summed E-state index contributed by atoms with van der Waals surface area (Å²) >= 11 is 1.67. The summed E-state index contributed by atoms with van der Waals surface area (Å²) in [6.45, 7) is 6.96. The van der Waals surface area contributed by atoms with Crippen molar-refractivity contribution in [1.82, 2.24) is 9.88 Å². The molecule has 0 saturated carbocycles. The molecule has 1 aliphatic rings. The largest absolute Gasteiger partial charge is 0.397 e. The van der Waals surface area contributed by atoms with Crippen LogP contribution in [0.1, 0.15) is 18.4 Å². The number of nitrogen functional groups attached to an aromatic ring is 1. The third-order valence-electron chi connectivity index (χ3n) is 3.93. The van der Waals surface area contributed by atoms with Crippen LogP contribution in [0.25, 0.3) is 10.2 Å². The van der Waals surface area contributed by atoms with Crippen LogP contribution in [0.15, 0.2) is 12.1 Å². The monoisotopic (exact) mass is 304 g/mol. The number of hydrogen-bond donors (Lipinski definition) is 1. The number of carbonyl (C=O) groups excluding carboxylic acids is 1. The molecule has 0 aliphatic carbocycles. The normalized spacial score (nSPS) is 16.3. The van der Waals surface area contributed by atoms with Gasteiger partial charge in [-0.05, 0) is 25.5 Å². The Labute approximate surface area is 128 Å². The molecule has 0 spiro atoms. The van der Waals surface area contributed by atoms with E-state index in [1.165, 1.54) is 0 Å². The van der Waals surface area contributed by atoms with Gasteiger partial charge in [-0.3, -0.25) is 4.79 Å². The molecule has 1 amide bonds. The third-order valence-corrected chi connectivity index (χ3v) is 4.86. The standard InChI is InChI=1S/C15H20N4OS/c1-10-17-13-9-14(12(16)8-15(13)21-10)19-5-3-4-18(6-7-19)11(2)20/h8-9H,3-7,16H2,1-2H3. The van der Waals surface area contributed by atoms with Gasteiger partial charge in [0.15, 0.2) is 0 Å². The molecule has 0 unspecified atom stereocenters. The fraction of sp³-hybridized carbons (Fsp3) is 0.467. The van der Waals surface area contributed by atoms with E-state index < -0.39 is 0 Å². The van der Waals surface area contributed by atoms with Crippen LogP contribution in [0.4, 0.5) is 11.4 Å². The Morgan fingerprint density at radius 3 is 2.86 bits per heavy atom. The minimum Gasteiger partial charge on any atom is -0.397 e. The summed E-state index contributed by atoms with van der Waals surface area (Å²) in [5.74, 6) is 0.149. The number of nitrogens with two attached hydrogens (primary N) is 1. The highest BCUT2D eigenvalue weighted by Crippen LogP contribution is 2.32. The van der Waals surface area contributed by atoms with E-state index in [1.54, 1.807) is 18.3 Å². The zero-order valence-corrected chi connectivity index (χ0v) is 13.2. The lowest BCUT2D eigenvalue weighted by molar-refractivity contribution is -0.128. The Morgan fingerprint density at radius 1 is 1.29 bits per heavy atom. The highest BCUT2D eigenvalue weighted by Gasteiger charge is 2.19. The summed E-state index contributed by atoms with van der Waals surface area (Å²) in [4.78, 5) is 20.2. The maximum Gasteiger partial charge on any atom is 0.219 e. The molecule has 0 atom stereocenters. The first kappa shape index (κ1) is 14.1. The van der Waals surface area contributed by atoms with Gasteiger partial charge in [-0.1, -0.05) is 0 Å². The molecule has 3 rings (SSSR count). The number of nitrogens with zero attached hydrogens (tertiary/aromatic N) is 3. The molecule has 2 aromatic rings. The Morgan fingerprint density at radius 2 is 2.10 bits per heavy atom. The van der Waals surface area contributed by atoms with Crippen LogP contribution in [0.5, 0.6) is 0 Å². The fourth-order valence-electron chi connectivity index (χ4n) is 2.84. The van der Waals surface area contributed by atoms with E-state index in [2.05, 4.69) is 16.0 Å². The van der Waals surface area contributed by atoms with E-state index in [0.717, 1.165) is 59.2 Å². The van der Waals surface area contributed by atoms with Gasteiger partial charge in [0.1, 0.15) is 0 Å². The van der Waals surface area contributed by atoms with Crippen molar-refractivity contribution in [3.8, 4) is 0 Å². The first-order valence-electron chi connectivity index (χ1n) is 7.22. The minimum absolute atomic E-state index is 0.149. The highest BCUT2D eigenvalue weighted by molar-refractivity contribution is 7.18. The van der Waals surface area contributed by atoms with Crippen molar-refractivity contribution in [3.63, 3.8) is 0 Å². The number of thiazole rings is 1. The van der Waals surface area contributed by atoms with Crippen LogP contribution in [0, 0.1) is 6.92 Å². The lowest BCUT2D eigenvalue weighted by atomic mass is 10.2. The summed E-state index contributed by atoms with van der Waals surface area (Å²) in [6.07, 6.45) is 0.965. The van der Waals surface area contributed by atoms with E-state index in [1.807, 2.05) is 17.9 Å². The number of carbonyl (C=O) groups is 1. The average molecular weight is 304 g/mol. The topological polar surface area (TPSA) is 62.5 Å². The second kappa shape index (κ2) is 5.52. The minimum atomic E-state index is 0.149. The molecule has 21 heavy (non-hydrogen) atoms. The molecule has 0 bridgehead atoms. The molecule has 1 aromatic heterocycles. The van der Waals surface area contributed by atoms with E-state index in [-0.39, 0.29) is 5.91 Å². The predicted octanol–water partition coefficient (Wildman–Crippen LogP) is 2.25. The molecule has 1 saturated heterocycles. The number of aryl methyl sites for hydroxylation is 1. The van der Waals surface area contributed by atoms with Crippen molar-refractivity contribution >= 4 is 38.8 Å². The third kappa shape index (κ3) is 2.81. The molecule has 2 N–H and O–H groups in total. The Bertz CT molecular complexity index is 682. The van der Waals surface area contributed by atoms with Crippen LogP contribution in [0.2, 0.25) is 0 Å². The van der Waals surface area contributed by atoms with Crippen LogP contribution in [-0.4, -0.2) is 42.0 Å². The second-order valence-electron chi connectivity index (χ2n) is 5.46. The average Bonchev–Trinajstić information content (AvgIpc) is 2.63. The molecule has 6 heteroatoms. The van der Waals surface area contributed by atoms with Crippen LogP contribution in [-0.2, 0) is 4.79 Å². The van der Waals surface area contributed by atoms with Crippen LogP contribution < -0.4 is 10.6 Å². The first-order chi connectivity index (χ1) is 10.0. The number of aromatic nitrogens is 1. The van der Waals surface area contributed by atoms with Crippen molar-refractivity contribution in [1.29, 1.82) is 0 Å². The van der Waals surface area contributed by atoms with E-state index in [9.17, 15) is 4.79 Å². The molecular formula is C15H20N4OS. The van der Waals surface area contributed by atoms with E-state index in [4.69, 9.17) is 5.73 Å². The summed E-state index contributed by atoms with van der Waals surface area (Å²) < 4.78 is 1.13. The van der Waals surface area contributed by atoms with Crippen molar-refractivity contribution in [2.45, 2.75) is 20.3 Å². The van der Waals surface area contributed by atoms with Gasteiger partial charge in [0, 0.05) is 33.1 Å². The quantitative estimate of drug-likeness (QED) is 0.821. The SMILES string of the molecule is CC(=O)N1CCCN(c2cc3nc(C)sc3cc2N)CC1. The molecule has 1 aromatic carbocycles. The Kier molecular flexibility index (Phi) is 3.71. The zero-order chi connectivity index (χ0) is 15.0. The van der Waals surface area contributed by atoms with Gasteiger partial charge in [0.05, 0.1) is 26.6 Å². The summed E-state index contributed by atoms with van der Waals surface area (Å²) in [6, 6.07) is 4.10. The fourth-order valence-corrected chi connectivity index (χ4v) is 3.70. The van der Waals surface area contributed by atoms with Gasteiger partial charge in [-0.15, -0.1) is 11.3 Å². The molecule has 112 valence electrons. The second-order valence-corrected chi connectivity index (χ2v) is 6.69. The maximum absolute atomic E-state index is 11.5. The summed E-state index contributed by atoms with van der Waals surface area (Å²) in [5, 5.41) is 1.06. The van der Waals surface area contributed by atoms with Crippen LogP contribution in [0.3, 0.4) is 0 Å². The van der Waals surface area contributed by atoms with Gasteiger partial charge < -0.3 is 15.5 Å². The van der Waals surface area contributed by atoms with Crippen LogP contribution >= 0.6 is 11.3 Å². The molecule has 0 radical (unpaired) electrons. The van der Waals surface area contributed by atoms with Gasteiger partial charge in [0.2, 0.25) is 5.91 Å². The number of rotatable bonds is 1. The summed E-state index contributed by atoms with van der Waals surface area (Å²) in [5.41, 5.74) is 9.07. The molecule has 5 nitrogen and oxygen atoms in total.